The summed E-state index contributed by atoms with van der Waals surface area (Å²) < 4.78 is 0. The third-order valence-electron chi connectivity index (χ3n) is 5.41. The minimum absolute atomic E-state index is 0.790. The van der Waals surface area contributed by atoms with Gasteiger partial charge in [0.15, 0.2) is 0 Å². The van der Waals surface area contributed by atoms with Gasteiger partial charge in [0.1, 0.15) is 0 Å². The van der Waals surface area contributed by atoms with Crippen LogP contribution in [-0.2, 0) is 0 Å². The molecule has 3 heteroatoms. The first-order valence-electron chi connectivity index (χ1n) is 7.39. The number of hydrogen-bond donors (Lipinski definition) is 1. The van der Waals surface area contributed by atoms with Gasteiger partial charge >= 0.3 is 0 Å². The molecule has 0 aromatic rings. The normalized spacial score (nSPS) is 43.4. The van der Waals surface area contributed by atoms with Crippen LogP contribution in [0.3, 0.4) is 0 Å². The molecule has 0 aromatic carbocycles. The number of hydrogen-bond acceptors (Lipinski definition) is 3. The Morgan fingerprint density at radius 2 is 1.76 bits per heavy atom. The van der Waals surface area contributed by atoms with Gasteiger partial charge in [-0.25, -0.2) is 0 Å². The van der Waals surface area contributed by atoms with Gasteiger partial charge in [-0.15, -0.1) is 0 Å². The average molecular weight is 237 g/mol. The van der Waals surface area contributed by atoms with Crippen molar-refractivity contribution in [2.75, 3.05) is 27.2 Å². The molecule has 3 rings (SSSR count). The van der Waals surface area contributed by atoms with E-state index in [-0.39, 0.29) is 0 Å². The summed E-state index contributed by atoms with van der Waals surface area (Å²) in [5.41, 5.74) is 0. The minimum Gasteiger partial charge on any atom is -0.312 e. The monoisotopic (exact) mass is 237 g/mol. The van der Waals surface area contributed by atoms with Crippen molar-refractivity contribution in [3.8, 4) is 0 Å². The summed E-state index contributed by atoms with van der Waals surface area (Å²) in [5.74, 6) is 0. The van der Waals surface area contributed by atoms with E-state index in [0.29, 0.717) is 0 Å². The molecule has 3 atom stereocenters. The molecule has 2 bridgehead atoms. The number of nitrogens with one attached hydrogen (secondary N) is 1. The van der Waals surface area contributed by atoms with Crippen LogP contribution < -0.4 is 5.32 Å². The zero-order valence-electron chi connectivity index (χ0n) is 11.4. The lowest BCUT2D eigenvalue weighted by molar-refractivity contribution is 0.144. The molecule has 17 heavy (non-hydrogen) atoms. The Kier molecular flexibility index (Phi) is 3.42. The van der Waals surface area contributed by atoms with Crippen LogP contribution in [0, 0.1) is 0 Å². The van der Waals surface area contributed by atoms with Crippen LogP contribution in [-0.4, -0.2) is 61.2 Å². The summed E-state index contributed by atoms with van der Waals surface area (Å²) in [6.07, 6.45) is 8.41. The summed E-state index contributed by atoms with van der Waals surface area (Å²) in [5, 5.41) is 3.85. The second-order valence-electron chi connectivity index (χ2n) is 6.40. The predicted octanol–water partition coefficient (Wildman–Crippen LogP) is 1.30. The van der Waals surface area contributed by atoms with E-state index >= 15 is 0 Å². The summed E-state index contributed by atoms with van der Waals surface area (Å²) >= 11 is 0. The first-order valence-corrected chi connectivity index (χ1v) is 7.39. The van der Waals surface area contributed by atoms with Crippen molar-refractivity contribution in [1.29, 1.82) is 0 Å². The number of likely N-dealkylation sites (tertiary alicyclic amines) is 1. The first-order chi connectivity index (χ1) is 8.24. The number of nitrogens with zero attached hydrogens (tertiary/aromatic N) is 2. The molecule has 3 nitrogen and oxygen atoms in total. The van der Waals surface area contributed by atoms with Crippen molar-refractivity contribution in [1.82, 2.24) is 15.1 Å². The zero-order valence-corrected chi connectivity index (χ0v) is 11.4. The fourth-order valence-corrected chi connectivity index (χ4v) is 4.12. The largest absolute Gasteiger partial charge is 0.312 e. The Balaban J connectivity index is 1.47. The predicted molar refractivity (Wildman–Crippen MR) is 71.2 cm³/mol. The second-order valence-corrected chi connectivity index (χ2v) is 6.40. The number of fused-ring (bicyclic) bond motifs is 2. The Bertz CT molecular complexity index is 254. The molecule has 3 unspecified atom stereocenters. The smallest absolute Gasteiger partial charge is 0.0218 e. The molecule has 3 heterocycles. The Morgan fingerprint density at radius 1 is 1.06 bits per heavy atom. The van der Waals surface area contributed by atoms with Gasteiger partial charge in [0, 0.05) is 30.7 Å². The molecule has 3 saturated heterocycles. The van der Waals surface area contributed by atoms with Crippen molar-refractivity contribution in [2.45, 2.75) is 62.7 Å². The topological polar surface area (TPSA) is 18.5 Å². The minimum atomic E-state index is 0.790. The van der Waals surface area contributed by atoms with E-state index in [9.17, 15) is 0 Å². The molecule has 3 aliphatic heterocycles. The highest BCUT2D eigenvalue weighted by atomic mass is 15.2. The Morgan fingerprint density at radius 3 is 2.35 bits per heavy atom. The van der Waals surface area contributed by atoms with Gasteiger partial charge < -0.3 is 15.1 Å². The molecular formula is C14H27N3. The molecule has 0 amide bonds. The van der Waals surface area contributed by atoms with Crippen molar-refractivity contribution in [3.63, 3.8) is 0 Å². The van der Waals surface area contributed by atoms with E-state index in [2.05, 4.69) is 29.2 Å². The van der Waals surface area contributed by atoms with Gasteiger partial charge in [-0.1, -0.05) is 0 Å². The maximum absolute atomic E-state index is 3.85. The highest BCUT2D eigenvalue weighted by Gasteiger charge is 2.38. The van der Waals surface area contributed by atoms with Crippen LogP contribution >= 0.6 is 0 Å². The summed E-state index contributed by atoms with van der Waals surface area (Å²) in [7, 11) is 4.60. The van der Waals surface area contributed by atoms with Crippen molar-refractivity contribution in [3.05, 3.63) is 0 Å². The third-order valence-corrected chi connectivity index (χ3v) is 5.41. The van der Waals surface area contributed by atoms with Gasteiger partial charge in [-0.3, -0.25) is 0 Å². The number of likely N-dealkylation sites (N-methyl/N-ethyl adjacent to an activating group) is 1. The fraction of sp³-hybridized carbons (Fsp3) is 1.00. The van der Waals surface area contributed by atoms with Gasteiger partial charge in [0.05, 0.1) is 0 Å². The van der Waals surface area contributed by atoms with Crippen molar-refractivity contribution in [2.24, 2.45) is 0 Å². The average Bonchev–Trinajstić information content (AvgIpc) is 2.78. The van der Waals surface area contributed by atoms with Gasteiger partial charge in [0.2, 0.25) is 0 Å². The fourth-order valence-electron chi connectivity index (χ4n) is 4.12. The van der Waals surface area contributed by atoms with Crippen LogP contribution in [0.5, 0.6) is 0 Å². The SMILES string of the molecule is CN1CCCC1CNC1CC2CCC(C1)N2C. The van der Waals surface area contributed by atoms with E-state index in [4.69, 9.17) is 0 Å². The third kappa shape index (κ3) is 2.38. The summed E-state index contributed by atoms with van der Waals surface area (Å²) in [4.78, 5) is 5.15. The molecule has 0 aromatic heterocycles. The van der Waals surface area contributed by atoms with Crippen LogP contribution in [0.25, 0.3) is 0 Å². The van der Waals surface area contributed by atoms with Crippen LogP contribution in [0.1, 0.15) is 38.5 Å². The molecule has 0 aliphatic carbocycles. The zero-order chi connectivity index (χ0) is 11.8. The molecule has 1 N–H and O–H groups in total. The number of piperidine rings is 1. The van der Waals surface area contributed by atoms with E-state index in [1.165, 1.54) is 51.6 Å². The molecular weight excluding hydrogens is 210 g/mol. The highest BCUT2D eigenvalue weighted by Crippen LogP contribution is 2.34. The standard InChI is InChI=1S/C14H27N3/c1-16-7-3-4-14(16)10-15-11-8-12-5-6-13(9-11)17(12)2/h11-15H,3-10H2,1-2H3. The summed E-state index contributed by atoms with van der Waals surface area (Å²) in [6.45, 7) is 2.51. The molecule has 0 radical (unpaired) electrons. The molecule has 98 valence electrons. The van der Waals surface area contributed by atoms with Crippen LogP contribution in [0.4, 0.5) is 0 Å². The lowest BCUT2D eigenvalue weighted by Gasteiger charge is -2.37. The molecule has 0 spiro atoms. The first kappa shape index (κ1) is 11.9. The van der Waals surface area contributed by atoms with Crippen LogP contribution in [0.15, 0.2) is 0 Å². The Labute approximate surface area is 106 Å². The van der Waals surface area contributed by atoms with Gasteiger partial charge in [-0.2, -0.15) is 0 Å². The lowest BCUT2D eigenvalue weighted by Crippen LogP contribution is -2.49. The van der Waals surface area contributed by atoms with Gasteiger partial charge in [0.25, 0.3) is 0 Å². The Hall–Kier alpha value is -0.120. The lowest BCUT2D eigenvalue weighted by atomic mass is 9.97. The molecule has 3 fully saturated rings. The van der Waals surface area contributed by atoms with Crippen molar-refractivity contribution >= 4 is 0 Å². The van der Waals surface area contributed by atoms with Crippen LogP contribution in [0.2, 0.25) is 0 Å². The highest BCUT2D eigenvalue weighted by molar-refractivity contribution is 4.96. The maximum atomic E-state index is 3.85. The molecule has 0 saturated carbocycles. The van der Waals surface area contributed by atoms with Crippen molar-refractivity contribution < 1.29 is 0 Å². The van der Waals surface area contributed by atoms with E-state index in [1.807, 2.05) is 0 Å². The second kappa shape index (κ2) is 4.87. The van der Waals surface area contributed by atoms with Gasteiger partial charge in [-0.05, 0) is 59.2 Å². The van der Waals surface area contributed by atoms with E-state index < -0.39 is 0 Å². The van der Waals surface area contributed by atoms with E-state index in [1.54, 1.807) is 0 Å². The molecule has 3 aliphatic rings. The quantitative estimate of drug-likeness (QED) is 0.798. The number of rotatable bonds is 3. The maximum Gasteiger partial charge on any atom is 0.0218 e. The van der Waals surface area contributed by atoms with E-state index in [0.717, 1.165) is 24.2 Å². The summed E-state index contributed by atoms with van der Waals surface area (Å²) in [6, 6.07) is 3.32.